The van der Waals surface area contributed by atoms with Gasteiger partial charge in [-0.1, -0.05) is 6.07 Å². The summed E-state index contributed by atoms with van der Waals surface area (Å²) in [4.78, 5) is 0. The minimum Gasteiger partial charge on any atom is -0.506 e. The number of aryl methyl sites for hydroxylation is 1. The molecular formula is C16H16N2O4S. The average Bonchev–Trinajstić information content (AvgIpc) is 2.50. The Labute approximate surface area is 134 Å². The summed E-state index contributed by atoms with van der Waals surface area (Å²) in [7, 11) is -3.61. The Morgan fingerprint density at radius 2 is 1.57 bits per heavy atom. The van der Waals surface area contributed by atoms with E-state index in [1.807, 2.05) is 0 Å². The lowest BCUT2D eigenvalue weighted by atomic mass is 10.1. The zero-order valence-corrected chi connectivity index (χ0v) is 13.0. The SMILES string of the molecule is Nc1ccc(C#CS(=O)(=O)CCc2ccc(N)c(O)c2)cc1O. The van der Waals surface area contributed by atoms with Gasteiger partial charge in [0.05, 0.1) is 17.1 Å². The van der Waals surface area contributed by atoms with Crippen molar-refractivity contribution in [2.75, 3.05) is 17.2 Å². The molecule has 0 saturated carbocycles. The summed E-state index contributed by atoms with van der Waals surface area (Å²) in [5.41, 5.74) is 12.4. The van der Waals surface area contributed by atoms with Crippen LogP contribution in [-0.4, -0.2) is 24.4 Å². The van der Waals surface area contributed by atoms with Crippen LogP contribution in [-0.2, 0) is 16.3 Å². The Morgan fingerprint density at radius 1 is 0.957 bits per heavy atom. The van der Waals surface area contributed by atoms with Crippen molar-refractivity contribution in [1.82, 2.24) is 0 Å². The first-order chi connectivity index (χ1) is 10.8. The van der Waals surface area contributed by atoms with Crippen LogP contribution in [0.5, 0.6) is 11.5 Å². The highest BCUT2D eigenvalue weighted by molar-refractivity contribution is 7.96. The second-order valence-electron chi connectivity index (χ2n) is 4.96. The summed E-state index contributed by atoms with van der Waals surface area (Å²) < 4.78 is 23.9. The van der Waals surface area contributed by atoms with Gasteiger partial charge in [0.15, 0.2) is 0 Å². The molecule has 0 aliphatic carbocycles. The van der Waals surface area contributed by atoms with Crippen molar-refractivity contribution >= 4 is 21.2 Å². The highest BCUT2D eigenvalue weighted by Gasteiger charge is 2.08. The molecule has 0 fully saturated rings. The molecule has 0 aliphatic heterocycles. The molecule has 23 heavy (non-hydrogen) atoms. The predicted molar refractivity (Wildman–Crippen MR) is 89.4 cm³/mol. The molecule has 0 atom stereocenters. The van der Waals surface area contributed by atoms with Crippen LogP contribution in [0.2, 0.25) is 0 Å². The minimum absolute atomic E-state index is 0.0802. The summed E-state index contributed by atoms with van der Waals surface area (Å²) in [6.07, 6.45) is 0.206. The van der Waals surface area contributed by atoms with Crippen LogP contribution in [0, 0.1) is 11.2 Å². The third kappa shape index (κ3) is 4.56. The highest BCUT2D eigenvalue weighted by atomic mass is 32.2. The average molecular weight is 332 g/mol. The van der Waals surface area contributed by atoms with Gasteiger partial charge in [-0.3, -0.25) is 0 Å². The zero-order chi connectivity index (χ0) is 17.0. The van der Waals surface area contributed by atoms with Gasteiger partial charge in [0.1, 0.15) is 11.5 Å². The lowest BCUT2D eigenvalue weighted by molar-refractivity contribution is 0.477. The fourth-order valence-electron chi connectivity index (χ4n) is 1.81. The molecule has 6 nitrogen and oxygen atoms in total. The molecule has 0 spiro atoms. The molecule has 0 bridgehead atoms. The fourth-order valence-corrected chi connectivity index (χ4v) is 2.69. The Hall–Kier alpha value is -2.85. The van der Waals surface area contributed by atoms with E-state index in [0.29, 0.717) is 11.1 Å². The third-order valence-corrected chi connectivity index (χ3v) is 4.29. The van der Waals surface area contributed by atoms with Crippen molar-refractivity contribution in [2.24, 2.45) is 0 Å². The number of rotatable bonds is 3. The van der Waals surface area contributed by atoms with Gasteiger partial charge in [0.2, 0.25) is 9.84 Å². The maximum atomic E-state index is 11.9. The summed E-state index contributed by atoms with van der Waals surface area (Å²) in [6.45, 7) is 0. The summed E-state index contributed by atoms with van der Waals surface area (Å²) in [5, 5.41) is 21.1. The molecule has 2 aromatic carbocycles. The van der Waals surface area contributed by atoms with E-state index >= 15 is 0 Å². The fraction of sp³-hybridized carbons (Fsp3) is 0.125. The highest BCUT2D eigenvalue weighted by Crippen LogP contribution is 2.21. The van der Waals surface area contributed by atoms with Gasteiger partial charge < -0.3 is 21.7 Å². The number of hydrogen-bond donors (Lipinski definition) is 4. The van der Waals surface area contributed by atoms with Crippen molar-refractivity contribution in [3.05, 3.63) is 47.5 Å². The molecule has 0 unspecified atom stereocenters. The van der Waals surface area contributed by atoms with Crippen LogP contribution >= 0.6 is 0 Å². The first-order valence-corrected chi connectivity index (χ1v) is 8.33. The number of aromatic hydroxyl groups is 2. The molecule has 0 saturated heterocycles. The van der Waals surface area contributed by atoms with E-state index in [-0.39, 0.29) is 35.0 Å². The first-order valence-electron chi connectivity index (χ1n) is 6.68. The molecule has 2 rings (SSSR count). The Bertz CT molecular complexity index is 896. The van der Waals surface area contributed by atoms with Gasteiger partial charge in [0, 0.05) is 10.8 Å². The number of hydrogen-bond acceptors (Lipinski definition) is 6. The number of sulfone groups is 1. The van der Waals surface area contributed by atoms with Gasteiger partial charge in [-0.25, -0.2) is 8.42 Å². The van der Waals surface area contributed by atoms with E-state index < -0.39 is 9.84 Å². The largest absolute Gasteiger partial charge is 0.506 e. The van der Waals surface area contributed by atoms with Gasteiger partial charge >= 0.3 is 0 Å². The maximum Gasteiger partial charge on any atom is 0.217 e. The molecule has 7 heteroatoms. The Morgan fingerprint density at radius 3 is 2.17 bits per heavy atom. The maximum absolute atomic E-state index is 11.9. The van der Waals surface area contributed by atoms with Crippen LogP contribution < -0.4 is 11.5 Å². The summed E-state index contributed by atoms with van der Waals surface area (Å²) in [6, 6.07) is 8.86. The van der Waals surface area contributed by atoms with Crippen LogP contribution in [0.3, 0.4) is 0 Å². The lowest BCUT2D eigenvalue weighted by Crippen LogP contribution is -2.06. The van der Waals surface area contributed by atoms with Crippen LogP contribution in [0.4, 0.5) is 11.4 Å². The van der Waals surface area contributed by atoms with E-state index in [0.717, 1.165) is 0 Å². The molecule has 2 aromatic rings. The molecule has 6 N–H and O–H groups in total. The van der Waals surface area contributed by atoms with Gasteiger partial charge in [-0.2, -0.15) is 0 Å². The summed E-state index contributed by atoms with van der Waals surface area (Å²) in [5.74, 6) is 2.07. The number of phenolic OH excluding ortho intramolecular Hbond substituents is 2. The number of phenols is 2. The Balaban J connectivity index is 2.09. The van der Waals surface area contributed by atoms with E-state index in [4.69, 9.17) is 11.5 Å². The van der Waals surface area contributed by atoms with E-state index in [9.17, 15) is 18.6 Å². The molecule has 0 amide bonds. The molecule has 0 heterocycles. The quantitative estimate of drug-likeness (QED) is 0.380. The van der Waals surface area contributed by atoms with Crippen LogP contribution in [0.1, 0.15) is 11.1 Å². The van der Waals surface area contributed by atoms with E-state index in [1.165, 1.54) is 30.3 Å². The zero-order valence-electron chi connectivity index (χ0n) is 12.2. The number of nitrogens with two attached hydrogens (primary N) is 2. The van der Waals surface area contributed by atoms with Crippen molar-refractivity contribution < 1.29 is 18.6 Å². The second kappa shape index (κ2) is 6.50. The molecule has 120 valence electrons. The number of nitrogen functional groups attached to an aromatic ring is 2. The number of benzene rings is 2. The lowest BCUT2D eigenvalue weighted by Gasteiger charge is -2.03. The Kier molecular flexibility index (Phi) is 4.67. The standard InChI is InChI=1S/C16H16N2O4S/c17-13-3-1-11(9-15(13)19)5-7-23(21,22)8-6-12-2-4-14(18)16(20)10-12/h1-4,9-10,19-20H,5,7,17-18H2. The topological polar surface area (TPSA) is 127 Å². The van der Waals surface area contributed by atoms with E-state index in [1.54, 1.807) is 6.07 Å². The van der Waals surface area contributed by atoms with Gasteiger partial charge in [-0.15, -0.1) is 0 Å². The van der Waals surface area contributed by atoms with Crippen molar-refractivity contribution in [1.29, 1.82) is 0 Å². The minimum atomic E-state index is -3.61. The van der Waals surface area contributed by atoms with Crippen LogP contribution in [0.15, 0.2) is 36.4 Å². The van der Waals surface area contributed by atoms with Crippen molar-refractivity contribution in [2.45, 2.75) is 6.42 Å². The van der Waals surface area contributed by atoms with E-state index in [2.05, 4.69) is 11.2 Å². The third-order valence-electron chi connectivity index (χ3n) is 3.14. The molecule has 0 aliphatic rings. The first kappa shape index (κ1) is 16.5. The number of anilines is 2. The molecular weight excluding hydrogens is 316 g/mol. The summed E-state index contributed by atoms with van der Waals surface area (Å²) >= 11 is 0. The predicted octanol–water partition coefficient (Wildman–Crippen LogP) is 1.23. The molecule has 0 radical (unpaired) electrons. The van der Waals surface area contributed by atoms with Gasteiger partial charge in [0.25, 0.3) is 0 Å². The monoisotopic (exact) mass is 332 g/mol. The van der Waals surface area contributed by atoms with Crippen LogP contribution in [0.25, 0.3) is 0 Å². The second-order valence-corrected chi connectivity index (χ2v) is 6.80. The normalized spacial score (nSPS) is 10.8. The van der Waals surface area contributed by atoms with Gasteiger partial charge in [-0.05, 0) is 48.2 Å². The smallest absolute Gasteiger partial charge is 0.217 e. The molecule has 0 aromatic heterocycles. The van der Waals surface area contributed by atoms with Crippen molar-refractivity contribution in [3.63, 3.8) is 0 Å². The van der Waals surface area contributed by atoms with Crippen molar-refractivity contribution in [3.8, 4) is 22.7 Å².